The fourth-order valence-electron chi connectivity index (χ4n) is 2.30. The van der Waals surface area contributed by atoms with Crippen molar-refractivity contribution >= 4 is 5.97 Å². The summed E-state index contributed by atoms with van der Waals surface area (Å²) in [7, 11) is 0. The van der Waals surface area contributed by atoms with Gasteiger partial charge in [0.05, 0.1) is 6.61 Å². The van der Waals surface area contributed by atoms with Crippen LogP contribution in [0.15, 0.2) is 0 Å². The van der Waals surface area contributed by atoms with Crippen LogP contribution in [0.3, 0.4) is 0 Å². The molecule has 120 valence electrons. The molecule has 0 saturated carbocycles. The van der Waals surface area contributed by atoms with Crippen LogP contribution in [-0.2, 0) is 9.53 Å². The lowest BCUT2D eigenvalue weighted by atomic mass is 9.94. The molecule has 0 aromatic rings. The molecule has 2 N–H and O–H groups in total. The predicted octanol–water partition coefficient (Wildman–Crippen LogP) is 1.97. The Labute approximate surface area is 123 Å². The van der Waals surface area contributed by atoms with Gasteiger partial charge in [-0.2, -0.15) is 0 Å². The molecule has 0 fully saturated rings. The molecule has 1 unspecified atom stereocenters. The van der Waals surface area contributed by atoms with Gasteiger partial charge in [0.15, 0.2) is 0 Å². The summed E-state index contributed by atoms with van der Waals surface area (Å²) in [6.45, 7) is 14.1. The third-order valence-corrected chi connectivity index (χ3v) is 3.43. The number of nitrogens with zero attached hydrogens (tertiary/aromatic N) is 1. The number of nitrogens with one attached hydrogen (secondary N) is 1. The Balaban J connectivity index is 4.17. The Morgan fingerprint density at radius 2 is 2.00 bits per heavy atom. The number of carboxylic acid groups (broad SMARTS) is 1. The number of hydrogen-bond acceptors (Lipinski definition) is 4. The van der Waals surface area contributed by atoms with E-state index in [1.165, 1.54) is 0 Å². The molecule has 5 nitrogen and oxygen atoms in total. The maximum atomic E-state index is 11.4. The first-order valence-electron chi connectivity index (χ1n) is 7.66. The van der Waals surface area contributed by atoms with Crippen LogP contribution in [0.2, 0.25) is 0 Å². The third-order valence-electron chi connectivity index (χ3n) is 3.43. The van der Waals surface area contributed by atoms with Crippen molar-refractivity contribution in [3.63, 3.8) is 0 Å². The van der Waals surface area contributed by atoms with Crippen LogP contribution in [0.4, 0.5) is 0 Å². The summed E-state index contributed by atoms with van der Waals surface area (Å²) in [5.74, 6) is -0.774. The first-order chi connectivity index (χ1) is 9.35. The van der Waals surface area contributed by atoms with E-state index < -0.39 is 11.5 Å². The molecule has 0 saturated heterocycles. The zero-order chi connectivity index (χ0) is 15.6. The second-order valence-electron chi connectivity index (χ2n) is 5.67. The van der Waals surface area contributed by atoms with Crippen LogP contribution in [0.5, 0.6) is 0 Å². The van der Waals surface area contributed by atoms with Gasteiger partial charge in [-0.25, -0.2) is 0 Å². The molecule has 0 rings (SSSR count). The average Bonchev–Trinajstić information content (AvgIpc) is 2.36. The number of ether oxygens (including phenoxy) is 1. The van der Waals surface area contributed by atoms with Crippen molar-refractivity contribution in [2.45, 2.75) is 59.0 Å². The fraction of sp³-hybridized carbons (Fsp3) is 0.933. The van der Waals surface area contributed by atoms with Crippen molar-refractivity contribution < 1.29 is 14.6 Å². The van der Waals surface area contributed by atoms with E-state index >= 15 is 0 Å². The Morgan fingerprint density at radius 1 is 1.35 bits per heavy atom. The topological polar surface area (TPSA) is 61.8 Å². The minimum absolute atomic E-state index is 0.163. The first kappa shape index (κ1) is 19.4. The van der Waals surface area contributed by atoms with E-state index in [4.69, 9.17) is 4.74 Å². The minimum atomic E-state index is -0.840. The van der Waals surface area contributed by atoms with Gasteiger partial charge in [0, 0.05) is 19.2 Å². The molecule has 0 heterocycles. The smallest absolute Gasteiger partial charge is 0.323 e. The summed E-state index contributed by atoms with van der Waals surface area (Å²) < 4.78 is 5.36. The second kappa shape index (κ2) is 10.1. The van der Waals surface area contributed by atoms with Crippen LogP contribution in [-0.4, -0.2) is 60.4 Å². The van der Waals surface area contributed by atoms with E-state index in [1.54, 1.807) is 6.92 Å². The largest absolute Gasteiger partial charge is 0.480 e. The number of carbonyl (C=O) groups is 1. The van der Waals surface area contributed by atoms with Crippen molar-refractivity contribution in [1.82, 2.24) is 10.2 Å². The maximum absolute atomic E-state index is 11.4. The normalized spacial score (nSPS) is 14.8. The molecule has 0 aromatic heterocycles. The van der Waals surface area contributed by atoms with Crippen molar-refractivity contribution in [1.29, 1.82) is 0 Å². The van der Waals surface area contributed by atoms with Crippen LogP contribution < -0.4 is 5.32 Å². The molecule has 0 bridgehead atoms. The average molecular weight is 288 g/mol. The lowest BCUT2D eigenvalue weighted by Crippen LogP contribution is -2.52. The predicted molar refractivity (Wildman–Crippen MR) is 82.2 cm³/mol. The molecular formula is C15H32N2O3. The number of hydrogen-bond donors (Lipinski definition) is 2. The van der Waals surface area contributed by atoms with E-state index in [-0.39, 0.29) is 6.04 Å². The van der Waals surface area contributed by atoms with Gasteiger partial charge in [0.2, 0.25) is 0 Å². The molecule has 0 aliphatic rings. The van der Waals surface area contributed by atoms with Gasteiger partial charge in [0.1, 0.15) is 5.54 Å². The standard InChI is InChI=1S/C15H32N2O3/c1-6-17(11-12-20-7-2)10-8-9-15(5,14(18)19)16-13(3)4/h13,16H,6-12H2,1-5H3,(H,18,19). The molecular weight excluding hydrogens is 256 g/mol. The van der Waals surface area contributed by atoms with Crippen LogP contribution >= 0.6 is 0 Å². The molecule has 0 spiro atoms. The molecule has 1 atom stereocenters. The molecule has 0 amide bonds. The summed E-state index contributed by atoms with van der Waals surface area (Å²) in [5.41, 5.74) is -0.840. The molecule has 0 aliphatic heterocycles. The molecule has 20 heavy (non-hydrogen) atoms. The quantitative estimate of drug-likeness (QED) is 0.538. The Kier molecular flexibility index (Phi) is 9.80. The number of likely N-dealkylation sites (N-methyl/N-ethyl adjacent to an activating group) is 1. The Bertz CT molecular complexity index is 272. The van der Waals surface area contributed by atoms with Gasteiger partial charge in [-0.05, 0) is 53.6 Å². The highest BCUT2D eigenvalue weighted by molar-refractivity contribution is 5.78. The SMILES string of the molecule is CCOCCN(CC)CCCC(C)(NC(C)C)C(=O)O. The summed E-state index contributed by atoms with van der Waals surface area (Å²) in [6, 6.07) is 0.163. The van der Waals surface area contributed by atoms with Gasteiger partial charge < -0.3 is 14.7 Å². The van der Waals surface area contributed by atoms with Crippen LogP contribution in [0, 0.1) is 0 Å². The summed E-state index contributed by atoms with van der Waals surface area (Å²) in [4.78, 5) is 13.7. The Morgan fingerprint density at radius 3 is 2.45 bits per heavy atom. The van der Waals surface area contributed by atoms with Crippen molar-refractivity contribution in [3.8, 4) is 0 Å². The first-order valence-corrected chi connectivity index (χ1v) is 7.66. The summed E-state index contributed by atoms with van der Waals surface area (Å²) in [6.07, 6.45) is 1.49. The highest BCUT2D eigenvalue weighted by Gasteiger charge is 2.32. The molecule has 0 aliphatic carbocycles. The van der Waals surface area contributed by atoms with Gasteiger partial charge in [0.25, 0.3) is 0 Å². The monoisotopic (exact) mass is 288 g/mol. The van der Waals surface area contributed by atoms with Crippen LogP contribution in [0.1, 0.15) is 47.5 Å². The van der Waals surface area contributed by atoms with Crippen molar-refractivity contribution in [2.75, 3.05) is 32.8 Å². The van der Waals surface area contributed by atoms with E-state index in [1.807, 2.05) is 20.8 Å². The van der Waals surface area contributed by atoms with E-state index in [0.717, 1.165) is 39.3 Å². The molecule has 0 radical (unpaired) electrons. The number of carboxylic acids is 1. The second-order valence-corrected chi connectivity index (χ2v) is 5.67. The van der Waals surface area contributed by atoms with Gasteiger partial charge in [-0.3, -0.25) is 10.1 Å². The zero-order valence-electron chi connectivity index (χ0n) is 13.7. The Hall–Kier alpha value is -0.650. The number of aliphatic carboxylic acids is 1. The highest BCUT2D eigenvalue weighted by atomic mass is 16.5. The van der Waals surface area contributed by atoms with E-state index in [9.17, 15) is 9.90 Å². The summed E-state index contributed by atoms with van der Waals surface area (Å²) in [5, 5.41) is 12.5. The van der Waals surface area contributed by atoms with Gasteiger partial charge in [-0.1, -0.05) is 6.92 Å². The summed E-state index contributed by atoms with van der Waals surface area (Å²) >= 11 is 0. The molecule has 5 heteroatoms. The minimum Gasteiger partial charge on any atom is -0.480 e. The fourth-order valence-corrected chi connectivity index (χ4v) is 2.30. The van der Waals surface area contributed by atoms with Crippen LogP contribution in [0.25, 0.3) is 0 Å². The van der Waals surface area contributed by atoms with Crippen molar-refractivity contribution in [3.05, 3.63) is 0 Å². The molecule has 0 aromatic carbocycles. The van der Waals surface area contributed by atoms with E-state index in [0.29, 0.717) is 6.42 Å². The van der Waals surface area contributed by atoms with Gasteiger partial charge >= 0.3 is 5.97 Å². The highest BCUT2D eigenvalue weighted by Crippen LogP contribution is 2.14. The lowest BCUT2D eigenvalue weighted by molar-refractivity contribution is -0.144. The lowest BCUT2D eigenvalue weighted by Gasteiger charge is -2.30. The maximum Gasteiger partial charge on any atom is 0.323 e. The number of rotatable bonds is 12. The van der Waals surface area contributed by atoms with Gasteiger partial charge in [-0.15, -0.1) is 0 Å². The third kappa shape index (κ3) is 7.82. The zero-order valence-corrected chi connectivity index (χ0v) is 13.7. The van der Waals surface area contributed by atoms with E-state index in [2.05, 4.69) is 17.1 Å². The van der Waals surface area contributed by atoms with Crippen molar-refractivity contribution in [2.24, 2.45) is 0 Å².